The van der Waals surface area contributed by atoms with E-state index in [0.717, 1.165) is 95.7 Å². The summed E-state index contributed by atoms with van der Waals surface area (Å²) in [6.07, 6.45) is 14.4. The molecule has 0 atom stereocenters. The molecule has 4 aliphatic rings. The van der Waals surface area contributed by atoms with E-state index in [1.54, 1.807) is 4.68 Å². The number of hydrogen-bond acceptors (Lipinski definition) is 6. The molecular weight excluding hydrogens is 703 g/mol. The molecule has 4 saturated carbocycles. The number of hydrogen-bond donors (Lipinski definition) is 3. The number of nitrogens with one attached hydrogen (secondary N) is 3. The van der Waals surface area contributed by atoms with Gasteiger partial charge in [-0.2, -0.15) is 10.2 Å². The molecule has 4 aliphatic carbocycles. The van der Waals surface area contributed by atoms with Crippen LogP contribution in [0.3, 0.4) is 0 Å². The number of rotatable bonds is 18. The third-order valence-corrected chi connectivity index (χ3v) is 12.6. The summed E-state index contributed by atoms with van der Waals surface area (Å²) in [5.41, 5.74) is 5.89. The molecular formula is C45H59N7O4. The van der Waals surface area contributed by atoms with Crippen LogP contribution in [0.2, 0.25) is 0 Å². The molecule has 4 fully saturated rings. The predicted molar refractivity (Wildman–Crippen MR) is 220 cm³/mol. The van der Waals surface area contributed by atoms with Crippen molar-refractivity contribution in [3.05, 3.63) is 81.4 Å². The number of carbonyl (C=O) groups excluding carboxylic acids is 3. The maximum atomic E-state index is 13.3. The number of nitrogens with zero attached hydrogens (tertiary/aromatic N) is 4. The molecule has 11 nitrogen and oxygen atoms in total. The van der Waals surface area contributed by atoms with E-state index in [1.807, 2.05) is 69.3 Å². The number of carbonyl (C=O) groups is 3. The molecule has 0 saturated heterocycles. The molecule has 11 heteroatoms. The molecule has 3 N–H and O–H groups in total. The fourth-order valence-electron chi connectivity index (χ4n) is 10.3. The van der Waals surface area contributed by atoms with Crippen LogP contribution in [0, 0.1) is 43.9 Å². The van der Waals surface area contributed by atoms with Gasteiger partial charge >= 0.3 is 0 Å². The molecule has 4 bridgehead atoms. The maximum absolute atomic E-state index is 13.3. The van der Waals surface area contributed by atoms with Crippen molar-refractivity contribution in [1.29, 1.82) is 0 Å². The van der Waals surface area contributed by atoms with Crippen LogP contribution < -0.4 is 21.5 Å². The van der Waals surface area contributed by atoms with Gasteiger partial charge in [0.05, 0.1) is 22.5 Å². The van der Waals surface area contributed by atoms with Crippen molar-refractivity contribution >= 4 is 34.3 Å². The normalized spacial score (nSPS) is 21.0. The molecule has 2 heterocycles. The number of aromatic nitrogens is 4. The number of anilines is 1. The van der Waals surface area contributed by atoms with E-state index in [1.165, 1.54) is 43.2 Å². The van der Waals surface area contributed by atoms with E-state index in [2.05, 4.69) is 26.1 Å². The molecule has 298 valence electrons. The Morgan fingerprint density at radius 3 is 2.07 bits per heavy atom. The molecule has 2 aromatic carbocycles. The van der Waals surface area contributed by atoms with Gasteiger partial charge in [-0.3, -0.25) is 19.2 Å². The molecule has 3 amide bonds. The van der Waals surface area contributed by atoms with Crippen LogP contribution in [0.5, 0.6) is 0 Å². The first-order valence-corrected chi connectivity index (χ1v) is 21.0. The van der Waals surface area contributed by atoms with Crippen LogP contribution in [0.4, 0.5) is 5.69 Å². The zero-order chi connectivity index (χ0) is 39.2. The quantitative estimate of drug-likeness (QED) is 0.0913. The Kier molecular flexibility index (Phi) is 12.4. The highest BCUT2D eigenvalue weighted by Crippen LogP contribution is 2.61. The van der Waals surface area contributed by atoms with Crippen molar-refractivity contribution in [2.24, 2.45) is 23.2 Å². The predicted octanol–water partition coefficient (Wildman–Crippen LogP) is 7.26. The second-order valence-corrected chi connectivity index (χ2v) is 17.2. The van der Waals surface area contributed by atoms with E-state index in [9.17, 15) is 19.2 Å². The van der Waals surface area contributed by atoms with Gasteiger partial charge in [-0.25, -0.2) is 9.36 Å². The molecule has 0 spiro atoms. The summed E-state index contributed by atoms with van der Waals surface area (Å²) >= 11 is 0. The van der Waals surface area contributed by atoms with Gasteiger partial charge in [-0.05, 0) is 138 Å². The van der Waals surface area contributed by atoms with Gasteiger partial charge in [0, 0.05) is 44.6 Å². The first-order chi connectivity index (χ1) is 27.0. The van der Waals surface area contributed by atoms with E-state index in [-0.39, 0.29) is 29.7 Å². The van der Waals surface area contributed by atoms with Gasteiger partial charge in [0.1, 0.15) is 0 Å². The fourth-order valence-corrected chi connectivity index (χ4v) is 10.3. The van der Waals surface area contributed by atoms with Crippen LogP contribution in [-0.4, -0.2) is 50.4 Å². The lowest BCUT2D eigenvalue weighted by Crippen LogP contribution is -2.48. The maximum Gasteiger partial charge on any atom is 0.295 e. The van der Waals surface area contributed by atoms with Crippen LogP contribution in [-0.2, 0) is 27.3 Å². The van der Waals surface area contributed by atoms with Crippen LogP contribution in [0.1, 0.15) is 112 Å². The van der Waals surface area contributed by atoms with Crippen molar-refractivity contribution in [3.8, 4) is 5.69 Å². The van der Waals surface area contributed by atoms with Crippen molar-refractivity contribution in [3.63, 3.8) is 0 Å². The van der Waals surface area contributed by atoms with Crippen molar-refractivity contribution in [2.45, 2.75) is 124 Å². The van der Waals surface area contributed by atoms with Gasteiger partial charge in [-0.1, -0.05) is 42.7 Å². The monoisotopic (exact) mass is 761 g/mol. The summed E-state index contributed by atoms with van der Waals surface area (Å²) in [7, 11) is 0. The minimum absolute atomic E-state index is 0.00784. The summed E-state index contributed by atoms with van der Waals surface area (Å²) in [6, 6.07) is 15.7. The van der Waals surface area contributed by atoms with Crippen molar-refractivity contribution in [2.75, 3.05) is 18.4 Å². The highest BCUT2D eigenvalue weighted by Gasteiger charge is 2.51. The molecule has 56 heavy (non-hydrogen) atoms. The van der Waals surface area contributed by atoms with E-state index in [0.29, 0.717) is 43.3 Å². The fraction of sp³-hybridized carbons (Fsp3) is 0.556. The first-order valence-electron chi connectivity index (χ1n) is 21.0. The molecule has 2 aromatic heterocycles. The average Bonchev–Trinajstić information content (AvgIpc) is 3.51. The molecule has 0 unspecified atom stereocenters. The number of unbranched alkanes of at least 4 members (excludes halogenated alkanes) is 3. The zero-order valence-corrected chi connectivity index (χ0v) is 33.5. The summed E-state index contributed by atoms with van der Waals surface area (Å²) in [6.45, 7) is 7.41. The van der Waals surface area contributed by atoms with Crippen molar-refractivity contribution < 1.29 is 14.4 Å². The zero-order valence-electron chi connectivity index (χ0n) is 33.5. The molecule has 8 rings (SSSR count). The van der Waals surface area contributed by atoms with E-state index in [4.69, 9.17) is 0 Å². The smallest absolute Gasteiger partial charge is 0.295 e. The summed E-state index contributed by atoms with van der Waals surface area (Å²) < 4.78 is 3.21. The SMILES string of the molecule is Cc1ccc(-n2nc3c(=O)n(CCCC(=O)NCCc4ccc(NC(=O)CCCCCCNC(=O)CC56CC7CC(CC(C7)C5)C6)cc4)nc(C)c3c2C)cc1. The summed E-state index contributed by atoms with van der Waals surface area (Å²) in [4.78, 5) is 51.2. The summed E-state index contributed by atoms with van der Waals surface area (Å²) in [5.74, 6) is 2.80. The lowest BCUT2D eigenvalue weighted by Gasteiger charge is -2.56. The Bertz CT molecular complexity index is 2050. The van der Waals surface area contributed by atoms with Gasteiger partial charge < -0.3 is 16.0 Å². The Morgan fingerprint density at radius 1 is 0.732 bits per heavy atom. The number of fused-ring (bicyclic) bond motifs is 1. The van der Waals surface area contributed by atoms with Crippen LogP contribution >= 0.6 is 0 Å². The highest BCUT2D eigenvalue weighted by atomic mass is 16.2. The second kappa shape index (κ2) is 17.6. The van der Waals surface area contributed by atoms with Gasteiger partial charge in [0.2, 0.25) is 17.7 Å². The molecule has 0 radical (unpaired) electrons. The van der Waals surface area contributed by atoms with Crippen LogP contribution in [0.25, 0.3) is 16.6 Å². The minimum atomic E-state index is -0.255. The second-order valence-electron chi connectivity index (χ2n) is 17.2. The topological polar surface area (TPSA) is 140 Å². The highest BCUT2D eigenvalue weighted by molar-refractivity contribution is 5.90. The summed E-state index contributed by atoms with van der Waals surface area (Å²) in [5, 5.41) is 19.1. The molecule has 0 aliphatic heterocycles. The Labute approximate surface area is 330 Å². The molecule has 4 aromatic rings. The van der Waals surface area contributed by atoms with Crippen LogP contribution in [0.15, 0.2) is 53.3 Å². The average molecular weight is 762 g/mol. The van der Waals surface area contributed by atoms with E-state index < -0.39 is 0 Å². The Hall–Kier alpha value is -4.80. The van der Waals surface area contributed by atoms with Gasteiger partial charge in [0.15, 0.2) is 5.52 Å². The van der Waals surface area contributed by atoms with Gasteiger partial charge in [0.25, 0.3) is 5.56 Å². The largest absolute Gasteiger partial charge is 0.356 e. The number of amides is 3. The third-order valence-electron chi connectivity index (χ3n) is 12.6. The van der Waals surface area contributed by atoms with E-state index >= 15 is 0 Å². The standard InChI is InChI=1S/C45H59N7O4/c1-30-11-17-38(18-12-30)52-32(3)42-31(2)49-51(44(56)43(42)50-52)22-8-10-39(53)47-21-19-33-13-15-37(16-14-33)48-40(54)9-6-4-5-7-20-46-41(55)29-45-26-34-23-35(27-45)25-36(24-34)28-45/h11-18,34-36H,4-10,19-29H2,1-3H3,(H,46,55)(H,47,53)(H,48,54). The lowest BCUT2D eigenvalue weighted by molar-refractivity contribution is -0.129. The minimum Gasteiger partial charge on any atom is -0.356 e. The Morgan fingerprint density at radius 2 is 1.38 bits per heavy atom. The van der Waals surface area contributed by atoms with Crippen molar-refractivity contribution in [1.82, 2.24) is 30.2 Å². The Balaban J connectivity index is 0.743. The first kappa shape index (κ1) is 39.4. The number of benzene rings is 2. The lowest BCUT2D eigenvalue weighted by atomic mass is 9.49. The number of aryl methyl sites for hydroxylation is 4. The third kappa shape index (κ3) is 9.59. The van der Waals surface area contributed by atoms with Gasteiger partial charge in [-0.15, -0.1) is 0 Å².